The number of hydrogen-bond donors (Lipinski definition) is 3. The lowest BCUT2D eigenvalue weighted by molar-refractivity contribution is 0.454. The third-order valence-corrected chi connectivity index (χ3v) is 4.30. The highest BCUT2D eigenvalue weighted by molar-refractivity contribution is 5.67. The van der Waals surface area contributed by atoms with E-state index in [1.54, 1.807) is 42.9 Å². The predicted molar refractivity (Wildman–Crippen MR) is 111 cm³/mol. The molecule has 3 heterocycles. The Morgan fingerprint density at radius 1 is 0.933 bits per heavy atom. The van der Waals surface area contributed by atoms with Crippen molar-refractivity contribution >= 4 is 17.6 Å². The average Bonchev–Trinajstić information content (AvgIpc) is 2.75. The van der Waals surface area contributed by atoms with Crippen LogP contribution in [0.4, 0.5) is 22.0 Å². The SMILES string of the molecule is CC(Nc1nc(Nc2cnccn2)cc(-c2ccnc(O)c2)n1)c1ccc(F)cc1. The van der Waals surface area contributed by atoms with Gasteiger partial charge >= 0.3 is 0 Å². The number of benzene rings is 1. The van der Waals surface area contributed by atoms with Gasteiger partial charge in [0.2, 0.25) is 11.8 Å². The van der Waals surface area contributed by atoms with Gasteiger partial charge in [0.15, 0.2) is 0 Å². The van der Waals surface area contributed by atoms with Gasteiger partial charge in [-0.2, -0.15) is 4.98 Å². The van der Waals surface area contributed by atoms with Gasteiger partial charge < -0.3 is 15.7 Å². The lowest BCUT2D eigenvalue weighted by Crippen LogP contribution is -2.11. The van der Waals surface area contributed by atoms with Crippen molar-refractivity contribution in [3.8, 4) is 17.1 Å². The maximum atomic E-state index is 13.2. The highest BCUT2D eigenvalue weighted by atomic mass is 19.1. The van der Waals surface area contributed by atoms with E-state index in [-0.39, 0.29) is 17.7 Å². The third kappa shape index (κ3) is 4.64. The Kier molecular flexibility index (Phi) is 5.42. The van der Waals surface area contributed by atoms with E-state index in [2.05, 4.69) is 35.6 Å². The van der Waals surface area contributed by atoms with Crippen LogP contribution in [0.1, 0.15) is 18.5 Å². The summed E-state index contributed by atoms with van der Waals surface area (Å²) in [5, 5.41) is 16.1. The predicted octanol–water partition coefficient (Wildman–Crippen LogP) is 4.09. The van der Waals surface area contributed by atoms with Crippen LogP contribution in [0.25, 0.3) is 11.3 Å². The second-order valence-corrected chi connectivity index (χ2v) is 6.50. The minimum absolute atomic E-state index is 0.108. The summed E-state index contributed by atoms with van der Waals surface area (Å²) in [5.74, 6) is 0.968. The highest BCUT2D eigenvalue weighted by Gasteiger charge is 2.12. The molecule has 3 N–H and O–H groups in total. The van der Waals surface area contributed by atoms with Crippen LogP contribution in [-0.4, -0.2) is 30.0 Å². The zero-order valence-electron chi connectivity index (χ0n) is 16.0. The molecule has 30 heavy (non-hydrogen) atoms. The molecule has 0 radical (unpaired) electrons. The van der Waals surface area contributed by atoms with Gasteiger partial charge in [-0.05, 0) is 30.7 Å². The van der Waals surface area contributed by atoms with Gasteiger partial charge in [0.05, 0.1) is 17.9 Å². The van der Waals surface area contributed by atoms with Gasteiger partial charge in [0.1, 0.15) is 17.5 Å². The molecule has 4 aromatic rings. The van der Waals surface area contributed by atoms with Gasteiger partial charge in [-0.3, -0.25) is 4.98 Å². The molecule has 4 rings (SSSR count). The maximum absolute atomic E-state index is 13.2. The van der Waals surface area contributed by atoms with E-state index in [4.69, 9.17) is 0 Å². The van der Waals surface area contributed by atoms with Gasteiger partial charge in [-0.25, -0.2) is 19.3 Å². The Morgan fingerprint density at radius 3 is 2.50 bits per heavy atom. The van der Waals surface area contributed by atoms with Crippen molar-refractivity contribution in [2.24, 2.45) is 0 Å². The number of nitrogens with one attached hydrogen (secondary N) is 2. The van der Waals surface area contributed by atoms with Crippen LogP contribution >= 0.6 is 0 Å². The lowest BCUT2D eigenvalue weighted by atomic mass is 10.1. The van der Waals surface area contributed by atoms with Crippen LogP contribution in [0.15, 0.2) is 67.3 Å². The Hall–Kier alpha value is -4.14. The summed E-state index contributed by atoms with van der Waals surface area (Å²) in [6.45, 7) is 1.93. The Morgan fingerprint density at radius 2 is 1.77 bits per heavy atom. The number of anilines is 3. The molecule has 0 saturated carbocycles. The smallest absolute Gasteiger partial charge is 0.225 e. The first-order chi connectivity index (χ1) is 14.6. The molecule has 0 aliphatic carbocycles. The number of rotatable bonds is 6. The monoisotopic (exact) mass is 403 g/mol. The van der Waals surface area contributed by atoms with Crippen molar-refractivity contribution in [2.75, 3.05) is 10.6 Å². The normalized spacial score (nSPS) is 11.7. The number of aromatic nitrogens is 5. The molecule has 1 unspecified atom stereocenters. The van der Waals surface area contributed by atoms with E-state index in [0.29, 0.717) is 28.8 Å². The number of aromatic hydroxyl groups is 1. The molecule has 0 fully saturated rings. The fourth-order valence-corrected chi connectivity index (χ4v) is 2.82. The second kappa shape index (κ2) is 8.48. The molecule has 0 aliphatic rings. The molecule has 0 aliphatic heterocycles. The third-order valence-electron chi connectivity index (χ3n) is 4.30. The molecule has 150 valence electrons. The summed E-state index contributed by atoms with van der Waals surface area (Å²) >= 11 is 0. The summed E-state index contributed by atoms with van der Waals surface area (Å²) in [7, 11) is 0. The summed E-state index contributed by atoms with van der Waals surface area (Å²) in [4.78, 5) is 21.1. The molecular formula is C21H18FN7O. The van der Waals surface area contributed by atoms with Crippen LogP contribution < -0.4 is 10.6 Å². The Balaban J connectivity index is 1.68. The average molecular weight is 403 g/mol. The van der Waals surface area contributed by atoms with E-state index in [1.807, 2.05) is 6.92 Å². The summed E-state index contributed by atoms with van der Waals surface area (Å²) in [6, 6.07) is 11.0. The van der Waals surface area contributed by atoms with E-state index < -0.39 is 0 Å². The second-order valence-electron chi connectivity index (χ2n) is 6.50. The standard InChI is InChI=1S/C21H18FN7O/c1-13(14-2-4-16(22)5-3-14)26-21-27-17(15-6-7-25-20(30)10-15)11-18(29-21)28-19-12-23-8-9-24-19/h2-13H,1H3,(H,25,30)(H2,24,26,27,28,29). The summed E-state index contributed by atoms with van der Waals surface area (Å²) in [6.07, 6.45) is 6.22. The summed E-state index contributed by atoms with van der Waals surface area (Å²) in [5.41, 5.74) is 2.13. The number of hydrogen-bond acceptors (Lipinski definition) is 8. The van der Waals surface area contributed by atoms with Crippen molar-refractivity contribution in [3.05, 3.63) is 78.6 Å². The minimum Gasteiger partial charge on any atom is -0.493 e. The van der Waals surface area contributed by atoms with Crippen molar-refractivity contribution in [2.45, 2.75) is 13.0 Å². The van der Waals surface area contributed by atoms with Crippen molar-refractivity contribution < 1.29 is 9.50 Å². The lowest BCUT2D eigenvalue weighted by Gasteiger charge is -2.16. The molecule has 1 atom stereocenters. The maximum Gasteiger partial charge on any atom is 0.225 e. The molecular weight excluding hydrogens is 385 g/mol. The van der Waals surface area contributed by atoms with Crippen LogP contribution in [0, 0.1) is 5.82 Å². The first kappa shape index (κ1) is 19.2. The quantitative estimate of drug-likeness (QED) is 0.442. The summed E-state index contributed by atoms with van der Waals surface area (Å²) < 4.78 is 13.2. The fraction of sp³-hybridized carbons (Fsp3) is 0.0952. The zero-order valence-corrected chi connectivity index (χ0v) is 16.0. The topological polar surface area (TPSA) is 109 Å². The zero-order chi connectivity index (χ0) is 20.9. The molecule has 3 aromatic heterocycles. The van der Waals surface area contributed by atoms with Crippen molar-refractivity contribution in [3.63, 3.8) is 0 Å². The van der Waals surface area contributed by atoms with Crippen molar-refractivity contribution in [1.82, 2.24) is 24.9 Å². The largest absolute Gasteiger partial charge is 0.493 e. The fourth-order valence-electron chi connectivity index (χ4n) is 2.82. The van der Waals surface area contributed by atoms with E-state index in [9.17, 15) is 9.50 Å². The Bertz CT molecular complexity index is 1140. The van der Waals surface area contributed by atoms with E-state index in [0.717, 1.165) is 5.56 Å². The van der Waals surface area contributed by atoms with Gasteiger partial charge in [0.25, 0.3) is 0 Å². The first-order valence-corrected chi connectivity index (χ1v) is 9.16. The Labute approximate surface area is 171 Å². The van der Waals surface area contributed by atoms with E-state index in [1.165, 1.54) is 24.4 Å². The minimum atomic E-state index is -0.294. The van der Waals surface area contributed by atoms with Crippen LogP contribution in [-0.2, 0) is 0 Å². The molecule has 0 amide bonds. The van der Waals surface area contributed by atoms with Gasteiger partial charge in [-0.15, -0.1) is 0 Å². The van der Waals surface area contributed by atoms with Gasteiger partial charge in [0, 0.05) is 36.3 Å². The van der Waals surface area contributed by atoms with Crippen LogP contribution in [0.2, 0.25) is 0 Å². The molecule has 0 bridgehead atoms. The van der Waals surface area contributed by atoms with E-state index >= 15 is 0 Å². The molecule has 0 spiro atoms. The van der Waals surface area contributed by atoms with Crippen molar-refractivity contribution in [1.29, 1.82) is 0 Å². The molecule has 9 heteroatoms. The van der Waals surface area contributed by atoms with Crippen LogP contribution in [0.5, 0.6) is 5.88 Å². The van der Waals surface area contributed by atoms with Gasteiger partial charge in [-0.1, -0.05) is 12.1 Å². The number of pyridine rings is 1. The number of nitrogens with zero attached hydrogens (tertiary/aromatic N) is 5. The molecule has 8 nitrogen and oxygen atoms in total. The van der Waals surface area contributed by atoms with Crippen LogP contribution in [0.3, 0.4) is 0 Å². The first-order valence-electron chi connectivity index (χ1n) is 9.16. The number of halogens is 1. The molecule has 0 saturated heterocycles. The highest BCUT2D eigenvalue weighted by Crippen LogP contribution is 2.26. The molecule has 1 aromatic carbocycles.